The number of hydrogen-bond donors (Lipinski definition) is 1. The van der Waals surface area contributed by atoms with E-state index in [0.717, 1.165) is 18.8 Å². The first-order valence-corrected chi connectivity index (χ1v) is 5.46. The molecular weight excluding hydrogens is 191 g/mol. The fraction of sp³-hybridized carbons (Fsp3) is 0.500. The minimum atomic E-state index is -0.336. The standard InChI is InChI=1S/C12H19FN2/c1-3-15(4-2)12-7-5-11(6-8-12)14-10-9-13/h5-8,14H,3-4,9-10H2,1-2H3. The molecule has 1 N–H and O–H groups in total. The van der Waals surface area contributed by atoms with Crippen LogP contribution in [0.25, 0.3) is 0 Å². The van der Waals surface area contributed by atoms with Gasteiger partial charge in [-0.3, -0.25) is 0 Å². The SMILES string of the molecule is CCN(CC)c1ccc(NCCF)cc1. The second-order valence-corrected chi connectivity index (χ2v) is 3.33. The Morgan fingerprint density at radius 2 is 1.73 bits per heavy atom. The van der Waals surface area contributed by atoms with E-state index in [4.69, 9.17) is 0 Å². The molecule has 0 aliphatic heterocycles. The molecule has 0 bridgehead atoms. The van der Waals surface area contributed by atoms with E-state index in [9.17, 15) is 4.39 Å². The zero-order chi connectivity index (χ0) is 11.1. The van der Waals surface area contributed by atoms with Gasteiger partial charge in [0.1, 0.15) is 6.67 Å². The predicted octanol–water partition coefficient (Wildman–Crippen LogP) is 2.91. The third-order valence-corrected chi connectivity index (χ3v) is 2.42. The van der Waals surface area contributed by atoms with Gasteiger partial charge in [0.25, 0.3) is 0 Å². The lowest BCUT2D eigenvalue weighted by molar-refractivity contribution is 0.513. The van der Waals surface area contributed by atoms with Crippen LogP contribution >= 0.6 is 0 Å². The molecule has 84 valence electrons. The molecule has 15 heavy (non-hydrogen) atoms. The molecule has 0 saturated carbocycles. The van der Waals surface area contributed by atoms with Crippen LogP contribution in [0.3, 0.4) is 0 Å². The highest BCUT2D eigenvalue weighted by Gasteiger charge is 2.00. The Bertz CT molecular complexity index is 267. The van der Waals surface area contributed by atoms with Gasteiger partial charge in [0.05, 0.1) is 0 Å². The fourth-order valence-electron chi connectivity index (χ4n) is 1.57. The number of anilines is 2. The van der Waals surface area contributed by atoms with Gasteiger partial charge in [-0.25, -0.2) is 4.39 Å². The van der Waals surface area contributed by atoms with Crippen LogP contribution in [0.2, 0.25) is 0 Å². The first-order chi connectivity index (χ1) is 7.31. The molecule has 1 rings (SSSR count). The quantitative estimate of drug-likeness (QED) is 0.776. The van der Waals surface area contributed by atoms with Gasteiger partial charge >= 0.3 is 0 Å². The summed E-state index contributed by atoms with van der Waals surface area (Å²) in [5, 5.41) is 3.00. The number of nitrogens with one attached hydrogen (secondary N) is 1. The lowest BCUT2D eigenvalue weighted by Crippen LogP contribution is -2.21. The summed E-state index contributed by atoms with van der Waals surface area (Å²) in [6.07, 6.45) is 0. The van der Waals surface area contributed by atoms with Crippen LogP contribution in [0.4, 0.5) is 15.8 Å². The van der Waals surface area contributed by atoms with Gasteiger partial charge in [0.2, 0.25) is 0 Å². The molecule has 1 aromatic rings. The van der Waals surface area contributed by atoms with Gasteiger partial charge in [-0.1, -0.05) is 0 Å². The van der Waals surface area contributed by atoms with Crippen molar-refractivity contribution in [2.24, 2.45) is 0 Å². The van der Waals surface area contributed by atoms with E-state index in [1.54, 1.807) is 0 Å². The molecular formula is C12H19FN2. The van der Waals surface area contributed by atoms with Gasteiger partial charge in [0, 0.05) is 31.0 Å². The van der Waals surface area contributed by atoms with Crippen LogP contribution < -0.4 is 10.2 Å². The first kappa shape index (κ1) is 11.8. The summed E-state index contributed by atoms with van der Waals surface area (Å²) in [5.74, 6) is 0. The van der Waals surface area contributed by atoms with Gasteiger partial charge in [-0.15, -0.1) is 0 Å². The van der Waals surface area contributed by atoms with Crippen molar-refractivity contribution in [2.75, 3.05) is 36.5 Å². The summed E-state index contributed by atoms with van der Waals surface area (Å²) >= 11 is 0. The molecule has 0 fully saturated rings. The summed E-state index contributed by atoms with van der Waals surface area (Å²) in [6.45, 7) is 6.33. The van der Waals surface area contributed by atoms with Crippen molar-refractivity contribution in [1.82, 2.24) is 0 Å². The molecule has 0 saturated heterocycles. The maximum atomic E-state index is 11.9. The Morgan fingerprint density at radius 3 is 2.20 bits per heavy atom. The number of rotatable bonds is 6. The first-order valence-electron chi connectivity index (χ1n) is 5.46. The maximum absolute atomic E-state index is 11.9. The summed E-state index contributed by atoms with van der Waals surface area (Å²) in [7, 11) is 0. The molecule has 0 radical (unpaired) electrons. The Balaban J connectivity index is 2.62. The largest absolute Gasteiger partial charge is 0.382 e. The summed E-state index contributed by atoms with van der Waals surface area (Å²) in [4.78, 5) is 2.28. The van der Waals surface area contributed by atoms with E-state index < -0.39 is 0 Å². The highest BCUT2D eigenvalue weighted by Crippen LogP contribution is 2.17. The second-order valence-electron chi connectivity index (χ2n) is 3.33. The van der Waals surface area contributed by atoms with Gasteiger partial charge in [-0.05, 0) is 38.1 Å². The van der Waals surface area contributed by atoms with Crippen molar-refractivity contribution in [3.8, 4) is 0 Å². The molecule has 0 aromatic heterocycles. The van der Waals surface area contributed by atoms with Gasteiger partial charge in [-0.2, -0.15) is 0 Å². The third-order valence-electron chi connectivity index (χ3n) is 2.42. The van der Waals surface area contributed by atoms with Crippen molar-refractivity contribution < 1.29 is 4.39 Å². The summed E-state index contributed by atoms with van der Waals surface area (Å²) in [5.41, 5.74) is 2.19. The van der Waals surface area contributed by atoms with Gasteiger partial charge < -0.3 is 10.2 Å². The molecule has 2 nitrogen and oxygen atoms in total. The molecule has 0 unspecified atom stereocenters. The van der Waals surface area contributed by atoms with Gasteiger partial charge in [0.15, 0.2) is 0 Å². The van der Waals surface area contributed by atoms with Crippen LogP contribution in [-0.2, 0) is 0 Å². The number of hydrogen-bond acceptors (Lipinski definition) is 2. The Morgan fingerprint density at radius 1 is 1.13 bits per heavy atom. The number of nitrogens with zero attached hydrogens (tertiary/aromatic N) is 1. The average Bonchev–Trinajstić information content (AvgIpc) is 2.29. The highest BCUT2D eigenvalue weighted by atomic mass is 19.1. The minimum absolute atomic E-state index is 0.336. The van der Waals surface area contributed by atoms with E-state index in [-0.39, 0.29) is 6.67 Å². The highest BCUT2D eigenvalue weighted by molar-refractivity contribution is 5.54. The Kier molecular flexibility index (Phi) is 4.95. The van der Waals surface area contributed by atoms with E-state index in [0.29, 0.717) is 6.54 Å². The molecule has 3 heteroatoms. The normalized spacial score (nSPS) is 10.1. The van der Waals surface area contributed by atoms with Crippen molar-refractivity contribution >= 4 is 11.4 Å². The Hall–Kier alpha value is -1.25. The summed E-state index contributed by atoms with van der Waals surface area (Å²) < 4.78 is 11.9. The van der Waals surface area contributed by atoms with Crippen molar-refractivity contribution in [1.29, 1.82) is 0 Å². The van der Waals surface area contributed by atoms with Crippen LogP contribution in [0.1, 0.15) is 13.8 Å². The maximum Gasteiger partial charge on any atom is 0.107 e. The molecule has 0 amide bonds. The van der Waals surface area contributed by atoms with E-state index in [1.165, 1.54) is 5.69 Å². The van der Waals surface area contributed by atoms with E-state index >= 15 is 0 Å². The summed E-state index contributed by atoms with van der Waals surface area (Å²) in [6, 6.07) is 8.10. The van der Waals surface area contributed by atoms with E-state index in [2.05, 4.69) is 36.2 Å². The molecule has 0 aliphatic rings. The van der Waals surface area contributed by atoms with Crippen molar-refractivity contribution in [3.05, 3.63) is 24.3 Å². The van der Waals surface area contributed by atoms with Crippen LogP contribution in [-0.4, -0.2) is 26.3 Å². The predicted molar refractivity (Wildman–Crippen MR) is 64.5 cm³/mol. The zero-order valence-electron chi connectivity index (χ0n) is 9.46. The van der Waals surface area contributed by atoms with Crippen molar-refractivity contribution in [2.45, 2.75) is 13.8 Å². The van der Waals surface area contributed by atoms with Crippen LogP contribution in [0, 0.1) is 0 Å². The lowest BCUT2D eigenvalue weighted by atomic mass is 10.2. The minimum Gasteiger partial charge on any atom is -0.382 e. The number of alkyl halides is 1. The van der Waals surface area contributed by atoms with Crippen LogP contribution in [0.5, 0.6) is 0 Å². The van der Waals surface area contributed by atoms with E-state index in [1.807, 2.05) is 12.1 Å². The van der Waals surface area contributed by atoms with Crippen LogP contribution in [0.15, 0.2) is 24.3 Å². The Labute approximate surface area is 91.1 Å². The number of benzene rings is 1. The lowest BCUT2D eigenvalue weighted by Gasteiger charge is -2.21. The third kappa shape index (κ3) is 3.42. The monoisotopic (exact) mass is 210 g/mol. The molecule has 0 aliphatic carbocycles. The average molecular weight is 210 g/mol. The topological polar surface area (TPSA) is 15.3 Å². The molecule has 0 atom stereocenters. The number of halogens is 1. The smallest absolute Gasteiger partial charge is 0.107 e. The molecule has 0 heterocycles. The van der Waals surface area contributed by atoms with Crippen molar-refractivity contribution in [3.63, 3.8) is 0 Å². The second kappa shape index (κ2) is 6.27. The molecule has 0 spiro atoms. The molecule has 1 aromatic carbocycles. The fourth-order valence-corrected chi connectivity index (χ4v) is 1.57. The zero-order valence-corrected chi connectivity index (χ0v) is 9.46.